The van der Waals surface area contributed by atoms with Gasteiger partial charge in [-0.1, -0.05) is 11.6 Å². The molecule has 0 N–H and O–H groups in total. The molecule has 19 heavy (non-hydrogen) atoms. The highest BCUT2D eigenvalue weighted by Gasteiger charge is 2.16. The summed E-state index contributed by atoms with van der Waals surface area (Å²) in [7, 11) is 0. The maximum Gasteiger partial charge on any atom is 0.232 e. The van der Waals surface area contributed by atoms with E-state index in [2.05, 4.69) is 0 Å². The molecule has 1 aromatic carbocycles. The molecule has 0 radical (unpaired) electrons. The third-order valence-electron chi connectivity index (χ3n) is 3.35. The van der Waals surface area contributed by atoms with Crippen LogP contribution in [0.3, 0.4) is 0 Å². The molecule has 2 rings (SSSR count). The smallest absolute Gasteiger partial charge is 0.232 e. The minimum atomic E-state index is 0.183. The van der Waals surface area contributed by atoms with Crippen molar-refractivity contribution in [3.05, 3.63) is 29.3 Å². The Morgan fingerprint density at radius 2 is 2.05 bits per heavy atom. The summed E-state index contributed by atoms with van der Waals surface area (Å²) >= 11 is 1.46. The van der Waals surface area contributed by atoms with Crippen LogP contribution in [0.5, 0.6) is 0 Å². The van der Waals surface area contributed by atoms with Crippen LogP contribution in [0, 0.1) is 6.92 Å². The lowest BCUT2D eigenvalue weighted by molar-refractivity contribution is -0.129. The number of rotatable bonds is 4. The van der Waals surface area contributed by atoms with Crippen LogP contribution in [0.25, 0.3) is 0 Å². The summed E-state index contributed by atoms with van der Waals surface area (Å²) in [5.41, 5.74) is 1.74. The summed E-state index contributed by atoms with van der Waals surface area (Å²) in [5, 5.41) is 0. The Hall–Kier alpha value is -1.29. The van der Waals surface area contributed by atoms with Crippen molar-refractivity contribution < 1.29 is 9.59 Å². The van der Waals surface area contributed by atoms with E-state index in [0.717, 1.165) is 42.7 Å². The Morgan fingerprint density at radius 3 is 2.74 bits per heavy atom. The Kier molecular flexibility index (Phi) is 5.02. The van der Waals surface area contributed by atoms with Crippen molar-refractivity contribution in [1.29, 1.82) is 0 Å². The monoisotopic (exact) mass is 277 g/mol. The van der Waals surface area contributed by atoms with E-state index >= 15 is 0 Å². The molecule has 0 unspecified atom stereocenters. The zero-order valence-corrected chi connectivity index (χ0v) is 12.0. The molecule has 1 fully saturated rings. The fourth-order valence-electron chi connectivity index (χ4n) is 2.27. The number of thioether (sulfide) groups is 1. The number of hydrogen-bond acceptors (Lipinski definition) is 3. The minimum Gasteiger partial charge on any atom is -0.342 e. The van der Waals surface area contributed by atoms with E-state index in [-0.39, 0.29) is 5.91 Å². The summed E-state index contributed by atoms with van der Waals surface area (Å²) in [6.45, 7) is 3.72. The van der Waals surface area contributed by atoms with Crippen molar-refractivity contribution in [2.75, 3.05) is 18.8 Å². The minimum absolute atomic E-state index is 0.183. The third kappa shape index (κ3) is 3.83. The SMILES string of the molecule is Cc1ccc(SCC(=O)N2CCCCC2)c(C=O)c1. The zero-order chi connectivity index (χ0) is 13.7. The molecule has 1 aliphatic heterocycles. The molecule has 0 atom stereocenters. The molecular formula is C15H19NO2S. The first-order valence-electron chi connectivity index (χ1n) is 6.67. The van der Waals surface area contributed by atoms with E-state index in [1.807, 2.05) is 30.0 Å². The normalized spacial score (nSPS) is 15.3. The summed E-state index contributed by atoms with van der Waals surface area (Å²) in [5.74, 6) is 0.603. The van der Waals surface area contributed by atoms with Gasteiger partial charge in [0, 0.05) is 23.5 Å². The Morgan fingerprint density at radius 1 is 1.32 bits per heavy atom. The second-order valence-corrected chi connectivity index (χ2v) is 5.91. The molecule has 0 saturated carbocycles. The molecule has 1 amide bonds. The second kappa shape index (κ2) is 6.75. The number of hydrogen-bond donors (Lipinski definition) is 0. The number of carbonyl (C=O) groups excluding carboxylic acids is 2. The predicted octanol–water partition coefficient (Wildman–Crippen LogP) is 2.91. The molecule has 3 nitrogen and oxygen atoms in total. The van der Waals surface area contributed by atoms with Crippen LogP contribution < -0.4 is 0 Å². The number of amides is 1. The fourth-order valence-corrected chi connectivity index (χ4v) is 3.17. The van der Waals surface area contributed by atoms with Crippen LogP contribution in [-0.4, -0.2) is 35.9 Å². The average Bonchev–Trinajstić information content (AvgIpc) is 2.46. The summed E-state index contributed by atoms with van der Waals surface area (Å²) in [6, 6.07) is 5.76. The van der Waals surface area contributed by atoms with Crippen LogP contribution >= 0.6 is 11.8 Å². The molecule has 1 aromatic rings. The molecule has 102 valence electrons. The maximum atomic E-state index is 12.1. The lowest BCUT2D eigenvalue weighted by Crippen LogP contribution is -2.36. The van der Waals surface area contributed by atoms with Gasteiger partial charge in [-0.15, -0.1) is 11.8 Å². The van der Waals surface area contributed by atoms with E-state index < -0.39 is 0 Å². The topological polar surface area (TPSA) is 37.4 Å². The quantitative estimate of drug-likeness (QED) is 0.627. The highest BCUT2D eigenvalue weighted by molar-refractivity contribution is 8.00. The Bertz CT molecular complexity index is 467. The lowest BCUT2D eigenvalue weighted by atomic mass is 10.1. The van der Waals surface area contributed by atoms with Gasteiger partial charge in [-0.05, 0) is 38.3 Å². The Labute approximate surface area is 118 Å². The predicted molar refractivity (Wildman–Crippen MR) is 77.7 cm³/mol. The molecule has 1 saturated heterocycles. The summed E-state index contributed by atoms with van der Waals surface area (Å²) in [4.78, 5) is 25.9. The standard InChI is InChI=1S/C15H19NO2S/c1-12-5-6-14(13(9-12)10-17)19-11-15(18)16-7-3-2-4-8-16/h5-6,9-10H,2-4,7-8,11H2,1H3. The number of piperidine rings is 1. The van der Waals surface area contributed by atoms with Gasteiger partial charge in [0.25, 0.3) is 0 Å². The number of aryl methyl sites for hydroxylation is 1. The zero-order valence-electron chi connectivity index (χ0n) is 11.2. The van der Waals surface area contributed by atoms with E-state index in [4.69, 9.17) is 0 Å². The van der Waals surface area contributed by atoms with E-state index in [0.29, 0.717) is 11.3 Å². The van der Waals surface area contributed by atoms with Crippen molar-refractivity contribution in [1.82, 2.24) is 4.90 Å². The maximum absolute atomic E-state index is 12.1. The van der Waals surface area contributed by atoms with Crippen molar-refractivity contribution >= 4 is 24.0 Å². The van der Waals surface area contributed by atoms with E-state index in [1.165, 1.54) is 18.2 Å². The van der Waals surface area contributed by atoms with Gasteiger partial charge < -0.3 is 4.90 Å². The number of likely N-dealkylation sites (tertiary alicyclic amines) is 1. The lowest BCUT2D eigenvalue weighted by Gasteiger charge is -2.26. The Balaban J connectivity index is 1.94. The molecule has 1 heterocycles. The van der Waals surface area contributed by atoms with E-state index in [1.54, 1.807) is 0 Å². The van der Waals surface area contributed by atoms with Gasteiger partial charge in [-0.25, -0.2) is 0 Å². The van der Waals surface area contributed by atoms with Gasteiger partial charge in [0.1, 0.15) is 0 Å². The number of carbonyl (C=O) groups is 2. The first-order valence-corrected chi connectivity index (χ1v) is 7.65. The third-order valence-corrected chi connectivity index (χ3v) is 4.43. The van der Waals surface area contributed by atoms with Gasteiger partial charge in [0.15, 0.2) is 6.29 Å². The van der Waals surface area contributed by atoms with Gasteiger partial charge in [0.2, 0.25) is 5.91 Å². The first kappa shape index (κ1) is 14.1. The van der Waals surface area contributed by atoms with Crippen LogP contribution in [0.15, 0.2) is 23.1 Å². The molecule has 0 bridgehead atoms. The summed E-state index contributed by atoms with van der Waals surface area (Å²) < 4.78 is 0. The molecule has 0 spiro atoms. The second-order valence-electron chi connectivity index (χ2n) is 4.89. The number of benzene rings is 1. The highest BCUT2D eigenvalue weighted by Crippen LogP contribution is 2.23. The van der Waals surface area contributed by atoms with Crippen LogP contribution in [0.1, 0.15) is 35.2 Å². The largest absolute Gasteiger partial charge is 0.342 e. The van der Waals surface area contributed by atoms with Crippen LogP contribution in [-0.2, 0) is 4.79 Å². The highest BCUT2D eigenvalue weighted by atomic mass is 32.2. The van der Waals surface area contributed by atoms with E-state index in [9.17, 15) is 9.59 Å². The average molecular weight is 277 g/mol. The molecule has 1 aliphatic rings. The van der Waals surface area contributed by atoms with Crippen LogP contribution in [0.2, 0.25) is 0 Å². The van der Waals surface area contributed by atoms with Gasteiger partial charge in [-0.3, -0.25) is 9.59 Å². The number of aldehydes is 1. The fraction of sp³-hybridized carbons (Fsp3) is 0.467. The first-order chi connectivity index (χ1) is 9.20. The van der Waals surface area contributed by atoms with Gasteiger partial charge in [0.05, 0.1) is 5.75 Å². The van der Waals surface area contributed by atoms with Gasteiger partial charge >= 0.3 is 0 Å². The van der Waals surface area contributed by atoms with Crippen molar-refractivity contribution in [2.24, 2.45) is 0 Å². The molecule has 0 aliphatic carbocycles. The van der Waals surface area contributed by atoms with Crippen molar-refractivity contribution in [3.63, 3.8) is 0 Å². The van der Waals surface area contributed by atoms with Crippen molar-refractivity contribution in [3.8, 4) is 0 Å². The molecule has 4 heteroatoms. The molecular weight excluding hydrogens is 258 g/mol. The van der Waals surface area contributed by atoms with Gasteiger partial charge in [-0.2, -0.15) is 0 Å². The summed E-state index contributed by atoms with van der Waals surface area (Å²) in [6.07, 6.45) is 4.31. The van der Waals surface area contributed by atoms with Crippen LogP contribution in [0.4, 0.5) is 0 Å². The number of nitrogens with zero attached hydrogens (tertiary/aromatic N) is 1. The van der Waals surface area contributed by atoms with Crippen molar-refractivity contribution in [2.45, 2.75) is 31.1 Å². The molecule has 0 aromatic heterocycles.